The van der Waals surface area contributed by atoms with Crippen LogP contribution in [0.5, 0.6) is 0 Å². The number of carbonyl (C=O) groups excluding carboxylic acids is 2. The second-order valence-electron chi connectivity index (χ2n) is 8.96. The van der Waals surface area contributed by atoms with Gasteiger partial charge < -0.3 is 14.6 Å². The van der Waals surface area contributed by atoms with E-state index in [0.29, 0.717) is 49.5 Å². The summed E-state index contributed by atoms with van der Waals surface area (Å²) in [5, 5.41) is 7.95. The zero-order valence-electron chi connectivity index (χ0n) is 19.7. The molecule has 7 nitrogen and oxygen atoms in total. The molecule has 4 aromatic rings. The van der Waals surface area contributed by atoms with Crippen molar-refractivity contribution in [3.8, 4) is 11.3 Å². The Balaban J connectivity index is 1.31. The summed E-state index contributed by atoms with van der Waals surface area (Å²) in [6.07, 6.45) is 4.71. The Morgan fingerprint density at radius 2 is 1.74 bits per heavy atom. The fraction of sp³-hybridized carbons (Fsp3) is 0.250. The summed E-state index contributed by atoms with van der Waals surface area (Å²) in [4.78, 5) is 27.7. The van der Waals surface area contributed by atoms with Gasteiger partial charge in [0.15, 0.2) is 5.76 Å². The lowest BCUT2D eigenvalue weighted by atomic mass is 10.0. The lowest BCUT2D eigenvalue weighted by molar-refractivity contribution is 0.0667. The molecule has 5 rings (SSSR count). The van der Waals surface area contributed by atoms with E-state index >= 15 is 0 Å². The predicted octanol–water partition coefficient (Wildman–Crippen LogP) is 4.53. The number of furan rings is 1. The van der Waals surface area contributed by atoms with Gasteiger partial charge in [-0.25, -0.2) is 0 Å². The number of aryl methyl sites for hydroxylation is 1. The second-order valence-corrected chi connectivity index (χ2v) is 8.96. The summed E-state index contributed by atoms with van der Waals surface area (Å²) < 4.78 is 7.06. The minimum absolute atomic E-state index is 0.00788. The number of carbonyl (C=O) groups is 2. The number of rotatable bonds is 6. The number of piperidine rings is 1. The molecule has 0 aliphatic carbocycles. The van der Waals surface area contributed by atoms with Gasteiger partial charge in [-0.3, -0.25) is 14.3 Å². The van der Waals surface area contributed by atoms with Crippen molar-refractivity contribution in [2.24, 2.45) is 0 Å². The quantitative estimate of drug-likeness (QED) is 0.451. The van der Waals surface area contributed by atoms with Crippen LogP contribution in [0.3, 0.4) is 0 Å². The molecule has 0 radical (unpaired) electrons. The first-order valence-corrected chi connectivity index (χ1v) is 11.9. The van der Waals surface area contributed by atoms with E-state index < -0.39 is 0 Å². The van der Waals surface area contributed by atoms with E-state index in [9.17, 15) is 9.59 Å². The van der Waals surface area contributed by atoms with Crippen LogP contribution in [0.15, 0.2) is 83.6 Å². The fourth-order valence-corrected chi connectivity index (χ4v) is 4.41. The van der Waals surface area contributed by atoms with E-state index in [4.69, 9.17) is 9.52 Å². The van der Waals surface area contributed by atoms with Gasteiger partial charge in [-0.05, 0) is 37.5 Å². The SMILES string of the molecule is Cc1ccc(-c2nn(Cc3ccccc3)cc2C(=O)NC2CCN(C(=O)c3ccco3)CC2)cc1. The molecule has 1 aliphatic rings. The normalized spacial score (nSPS) is 14.1. The van der Waals surface area contributed by atoms with Crippen molar-refractivity contribution in [1.82, 2.24) is 20.0 Å². The number of hydrogen-bond donors (Lipinski definition) is 1. The average molecular weight is 469 g/mol. The first-order chi connectivity index (χ1) is 17.1. The molecule has 7 heteroatoms. The van der Waals surface area contributed by atoms with Crippen LogP contribution in [-0.2, 0) is 6.54 Å². The molecule has 0 atom stereocenters. The molecule has 1 saturated heterocycles. The van der Waals surface area contributed by atoms with Crippen LogP contribution in [0.4, 0.5) is 0 Å². The molecule has 0 bridgehead atoms. The van der Waals surface area contributed by atoms with Gasteiger partial charge in [0.2, 0.25) is 0 Å². The van der Waals surface area contributed by atoms with E-state index in [1.807, 2.05) is 72.4 Å². The fourth-order valence-electron chi connectivity index (χ4n) is 4.41. The van der Waals surface area contributed by atoms with E-state index in [0.717, 1.165) is 16.7 Å². The van der Waals surface area contributed by atoms with E-state index in [-0.39, 0.29) is 17.9 Å². The molecule has 3 heterocycles. The summed E-state index contributed by atoms with van der Waals surface area (Å²) in [5.74, 6) is 0.0976. The number of aromatic nitrogens is 2. The summed E-state index contributed by atoms with van der Waals surface area (Å²) in [6.45, 7) is 3.76. The average Bonchev–Trinajstić information content (AvgIpc) is 3.56. The maximum Gasteiger partial charge on any atom is 0.289 e. The van der Waals surface area contributed by atoms with Crippen molar-refractivity contribution in [2.45, 2.75) is 32.4 Å². The molecular weight excluding hydrogens is 440 g/mol. The molecule has 0 spiro atoms. The molecule has 1 aliphatic heterocycles. The molecular formula is C28H28N4O3. The highest BCUT2D eigenvalue weighted by molar-refractivity contribution is 6.00. The van der Waals surface area contributed by atoms with Gasteiger partial charge in [-0.2, -0.15) is 5.10 Å². The van der Waals surface area contributed by atoms with Crippen molar-refractivity contribution in [2.75, 3.05) is 13.1 Å². The molecule has 2 aromatic carbocycles. The standard InChI is InChI=1S/C28H28N4O3/c1-20-9-11-22(12-10-20)26-24(19-32(30-26)18-21-6-3-2-4-7-21)27(33)29-23-13-15-31(16-14-23)28(34)25-8-5-17-35-25/h2-12,17,19,23H,13-16,18H2,1H3,(H,29,33). The minimum Gasteiger partial charge on any atom is -0.459 e. The topological polar surface area (TPSA) is 80.4 Å². The number of benzene rings is 2. The van der Waals surface area contributed by atoms with E-state index in [1.165, 1.54) is 6.26 Å². The Kier molecular flexibility index (Phi) is 6.48. The molecule has 35 heavy (non-hydrogen) atoms. The van der Waals surface area contributed by atoms with Gasteiger partial charge >= 0.3 is 0 Å². The maximum absolute atomic E-state index is 13.4. The third-order valence-electron chi connectivity index (χ3n) is 6.37. The van der Waals surface area contributed by atoms with Crippen LogP contribution in [0.25, 0.3) is 11.3 Å². The Morgan fingerprint density at radius 3 is 2.43 bits per heavy atom. The third-order valence-corrected chi connectivity index (χ3v) is 6.37. The Hall–Kier alpha value is -4.13. The van der Waals surface area contributed by atoms with Crippen LogP contribution in [0.1, 0.15) is 44.9 Å². The molecule has 0 saturated carbocycles. The van der Waals surface area contributed by atoms with Gasteiger partial charge in [0.05, 0.1) is 18.4 Å². The van der Waals surface area contributed by atoms with Gasteiger partial charge in [0.25, 0.3) is 11.8 Å². The van der Waals surface area contributed by atoms with E-state index in [1.54, 1.807) is 17.0 Å². The first kappa shape index (κ1) is 22.7. The van der Waals surface area contributed by atoms with Crippen molar-refractivity contribution in [1.29, 1.82) is 0 Å². The number of likely N-dealkylation sites (tertiary alicyclic amines) is 1. The minimum atomic E-state index is -0.143. The molecule has 2 aromatic heterocycles. The Labute approximate surface area is 204 Å². The molecule has 2 amide bonds. The molecule has 1 N–H and O–H groups in total. The second kappa shape index (κ2) is 10.0. The lowest BCUT2D eigenvalue weighted by Gasteiger charge is -2.31. The molecule has 178 valence electrons. The van der Waals surface area contributed by atoms with Gasteiger partial charge in [-0.1, -0.05) is 60.2 Å². The van der Waals surface area contributed by atoms with Crippen molar-refractivity contribution in [3.63, 3.8) is 0 Å². The zero-order chi connectivity index (χ0) is 24.2. The summed E-state index contributed by atoms with van der Waals surface area (Å²) in [7, 11) is 0. The predicted molar refractivity (Wildman–Crippen MR) is 133 cm³/mol. The largest absolute Gasteiger partial charge is 0.459 e. The Morgan fingerprint density at radius 1 is 1.00 bits per heavy atom. The van der Waals surface area contributed by atoms with Gasteiger partial charge in [0.1, 0.15) is 5.69 Å². The first-order valence-electron chi connectivity index (χ1n) is 11.9. The van der Waals surface area contributed by atoms with Crippen LogP contribution in [0.2, 0.25) is 0 Å². The maximum atomic E-state index is 13.4. The van der Waals surface area contributed by atoms with Gasteiger partial charge in [0, 0.05) is 30.9 Å². The number of nitrogens with one attached hydrogen (secondary N) is 1. The van der Waals surface area contributed by atoms with Crippen molar-refractivity contribution >= 4 is 11.8 Å². The number of nitrogens with zero attached hydrogens (tertiary/aromatic N) is 3. The monoisotopic (exact) mass is 468 g/mol. The summed E-state index contributed by atoms with van der Waals surface area (Å²) in [6, 6.07) is 21.5. The summed E-state index contributed by atoms with van der Waals surface area (Å²) >= 11 is 0. The van der Waals surface area contributed by atoms with Crippen molar-refractivity contribution in [3.05, 3.63) is 102 Å². The lowest BCUT2D eigenvalue weighted by Crippen LogP contribution is -2.46. The molecule has 0 unspecified atom stereocenters. The number of amides is 2. The molecule has 1 fully saturated rings. The van der Waals surface area contributed by atoms with E-state index in [2.05, 4.69) is 5.32 Å². The summed E-state index contributed by atoms with van der Waals surface area (Å²) in [5.41, 5.74) is 4.40. The van der Waals surface area contributed by atoms with Crippen LogP contribution >= 0.6 is 0 Å². The number of hydrogen-bond acceptors (Lipinski definition) is 4. The van der Waals surface area contributed by atoms with Crippen LogP contribution < -0.4 is 5.32 Å². The van der Waals surface area contributed by atoms with Gasteiger partial charge in [-0.15, -0.1) is 0 Å². The van der Waals surface area contributed by atoms with Crippen LogP contribution in [0, 0.1) is 6.92 Å². The highest BCUT2D eigenvalue weighted by Gasteiger charge is 2.27. The van der Waals surface area contributed by atoms with Crippen LogP contribution in [-0.4, -0.2) is 45.6 Å². The highest BCUT2D eigenvalue weighted by Crippen LogP contribution is 2.24. The zero-order valence-corrected chi connectivity index (χ0v) is 19.7. The van der Waals surface area contributed by atoms with Crippen molar-refractivity contribution < 1.29 is 14.0 Å². The Bertz CT molecular complexity index is 1290. The smallest absolute Gasteiger partial charge is 0.289 e. The highest BCUT2D eigenvalue weighted by atomic mass is 16.3. The third kappa shape index (κ3) is 5.19.